The van der Waals surface area contributed by atoms with Crippen molar-refractivity contribution >= 4 is 63.4 Å². The zero-order chi connectivity index (χ0) is 54.6. The van der Waals surface area contributed by atoms with Gasteiger partial charge in [0.25, 0.3) is 17.7 Å². The summed E-state index contributed by atoms with van der Waals surface area (Å²) in [5.74, 6) is -5.28. The fourth-order valence-corrected chi connectivity index (χ4v) is 9.57. The summed E-state index contributed by atoms with van der Waals surface area (Å²) in [6.45, 7) is 8.71. The van der Waals surface area contributed by atoms with Crippen molar-refractivity contribution in [3.63, 3.8) is 0 Å². The van der Waals surface area contributed by atoms with Crippen LogP contribution >= 0.6 is 11.3 Å². The SMILES string of the molecule is Cc1ncsc1-c1ccc(CNC(=O)[C@@H]2C[C@@H](O)CN2C(=O)[C@@H](NC(=O)COCCOCCOCCOCCNC(=O)c2cc3cc(N4CCC(O)(C(=O)NCc5cc(F)cc(F)c5)C4=O)ccc3[nH]2)C(C)(C)C)cc1. The number of carbonyl (C=O) groups is 6. The predicted molar refractivity (Wildman–Crippen MR) is 276 cm³/mol. The standard InChI is InChI=1S/C53H64F2N8O12S/c1-32-45(76-31-59-32)35-7-5-33(6-8-35)27-57-48(67)43-26-40(64)29-63(43)49(68)46(52(2,3)4)61-44(65)30-75-20-19-74-18-17-73-16-15-72-14-12-56-47(66)42-24-36-23-39(9-10-41(36)60-42)62-13-11-53(71,51(62)70)50(69)58-28-34-21-37(54)25-38(55)22-34/h5-10,21-25,31,40,43,46,60,64,71H,11-20,26-30H2,1-4H3,(H,56,66)(H,57,67)(H,58,69)(H,61,65)/t40-,43+,46-,53?/m1/s1. The normalized spacial score (nSPS) is 18.0. The first-order chi connectivity index (χ1) is 36.3. The van der Waals surface area contributed by atoms with Crippen molar-refractivity contribution in [3.05, 3.63) is 106 Å². The van der Waals surface area contributed by atoms with Crippen molar-refractivity contribution < 1.29 is 66.7 Å². The number of hydrogen-bond acceptors (Lipinski definition) is 14. The van der Waals surface area contributed by atoms with Gasteiger partial charge >= 0.3 is 0 Å². The van der Waals surface area contributed by atoms with Gasteiger partial charge in [-0.3, -0.25) is 28.8 Å². The van der Waals surface area contributed by atoms with Crippen molar-refractivity contribution in [3.8, 4) is 10.4 Å². The highest BCUT2D eigenvalue weighted by Crippen LogP contribution is 2.32. The number of aliphatic hydroxyl groups is 2. The Morgan fingerprint density at radius 3 is 2.17 bits per heavy atom. The number of aliphatic hydroxyl groups excluding tert-OH is 1. The van der Waals surface area contributed by atoms with Gasteiger partial charge in [-0.1, -0.05) is 45.0 Å². The molecule has 0 saturated carbocycles. The van der Waals surface area contributed by atoms with E-state index in [0.717, 1.165) is 33.8 Å². The molecule has 4 atom stereocenters. The Labute approximate surface area is 441 Å². The molecular weight excluding hydrogens is 1010 g/mol. The molecule has 7 N–H and O–H groups in total. The quantitative estimate of drug-likeness (QED) is 0.0328. The Hall–Kier alpha value is -6.73. The second-order valence-corrected chi connectivity index (χ2v) is 20.4. The first kappa shape index (κ1) is 57.0. The summed E-state index contributed by atoms with van der Waals surface area (Å²) < 4.78 is 49.3. The molecular formula is C53H64F2N8O12S. The Balaban J connectivity index is 0.725. The number of fused-ring (bicyclic) bond motifs is 1. The van der Waals surface area contributed by atoms with E-state index >= 15 is 0 Å². The van der Waals surface area contributed by atoms with Crippen molar-refractivity contribution in [1.29, 1.82) is 0 Å². The van der Waals surface area contributed by atoms with Crippen molar-refractivity contribution in [1.82, 2.24) is 36.1 Å². The van der Waals surface area contributed by atoms with Gasteiger partial charge in [0.15, 0.2) is 0 Å². The lowest BCUT2D eigenvalue weighted by Crippen LogP contribution is -2.58. The molecule has 5 aromatic rings. The minimum Gasteiger partial charge on any atom is -0.391 e. The average molecular weight is 1080 g/mol. The van der Waals surface area contributed by atoms with Crippen LogP contribution in [-0.2, 0) is 56.0 Å². The highest BCUT2D eigenvalue weighted by Gasteiger charge is 2.52. The number of benzene rings is 3. The number of carbonyl (C=O) groups excluding carboxylic acids is 6. The lowest BCUT2D eigenvalue weighted by Gasteiger charge is -2.35. The maximum Gasteiger partial charge on any atom is 0.268 e. The number of nitrogens with one attached hydrogen (secondary N) is 5. The summed E-state index contributed by atoms with van der Waals surface area (Å²) in [5.41, 5.74) is 2.93. The maximum absolute atomic E-state index is 13.9. The molecule has 4 heterocycles. The highest BCUT2D eigenvalue weighted by atomic mass is 32.1. The molecule has 7 rings (SSSR count). The molecule has 23 heteroatoms. The maximum atomic E-state index is 13.9. The number of likely N-dealkylation sites (tertiary alicyclic amines) is 1. The summed E-state index contributed by atoms with van der Waals surface area (Å²) >= 11 is 1.56. The van der Waals surface area contributed by atoms with Gasteiger partial charge in [-0.05, 0) is 65.4 Å². The zero-order valence-electron chi connectivity index (χ0n) is 42.7. The zero-order valence-corrected chi connectivity index (χ0v) is 43.6. The number of anilines is 1. The molecule has 0 aliphatic carbocycles. The van der Waals surface area contributed by atoms with E-state index < -0.39 is 76.3 Å². The molecule has 408 valence electrons. The van der Waals surface area contributed by atoms with E-state index in [1.54, 1.807) is 61.9 Å². The topological polar surface area (TPSA) is 263 Å². The molecule has 6 amide bonds. The molecule has 2 aliphatic heterocycles. The van der Waals surface area contributed by atoms with Crippen molar-refractivity contribution in [2.75, 3.05) is 77.4 Å². The van der Waals surface area contributed by atoms with Gasteiger partial charge in [0.1, 0.15) is 36.0 Å². The molecule has 0 radical (unpaired) electrons. The van der Waals surface area contributed by atoms with Crippen LogP contribution in [0.5, 0.6) is 0 Å². The number of thiazole rings is 1. The number of aromatic nitrogens is 2. The van der Waals surface area contributed by atoms with Crippen molar-refractivity contribution in [2.24, 2.45) is 5.41 Å². The number of hydrogen-bond donors (Lipinski definition) is 7. The van der Waals surface area contributed by atoms with Crippen LogP contribution in [-0.4, -0.2) is 157 Å². The summed E-state index contributed by atoms with van der Waals surface area (Å²) in [6, 6.07) is 15.2. The summed E-state index contributed by atoms with van der Waals surface area (Å²) in [6.07, 6.45) is -1.04. The molecule has 2 saturated heterocycles. The molecule has 1 unspecified atom stereocenters. The van der Waals surface area contributed by atoms with Crippen LogP contribution in [0, 0.1) is 24.0 Å². The second-order valence-electron chi connectivity index (χ2n) is 19.6. The summed E-state index contributed by atoms with van der Waals surface area (Å²) in [5, 5.41) is 33.0. The number of ether oxygens (including phenoxy) is 4. The number of H-pyrrole nitrogens is 1. The van der Waals surface area contributed by atoms with E-state index in [1.807, 2.05) is 31.2 Å². The van der Waals surface area contributed by atoms with Crippen LogP contribution in [0.25, 0.3) is 21.3 Å². The third-order valence-electron chi connectivity index (χ3n) is 12.8. The van der Waals surface area contributed by atoms with E-state index in [9.17, 15) is 47.8 Å². The van der Waals surface area contributed by atoms with E-state index in [-0.39, 0.29) is 110 Å². The molecule has 2 fully saturated rings. The third kappa shape index (κ3) is 14.8. The van der Waals surface area contributed by atoms with E-state index in [4.69, 9.17) is 18.9 Å². The third-order valence-corrected chi connectivity index (χ3v) is 13.8. The van der Waals surface area contributed by atoms with Gasteiger partial charge in [0.05, 0.1) is 68.4 Å². The van der Waals surface area contributed by atoms with Gasteiger partial charge in [0, 0.05) is 68.2 Å². The number of rotatable bonds is 25. The largest absolute Gasteiger partial charge is 0.391 e. The average Bonchev–Trinajstić information content (AvgIpc) is 4.20. The van der Waals surface area contributed by atoms with Gasteiger partial charge < -0.3 is 65.2 Å². The Bertz CT molecular complexity index is 2840. The highest BCUT2D eigenvalue weighted by molar-refractivity contribution is 7.13. The number of amides is 6. The lowest BCUT2D eigenvalue weighted by atomic mass is 9.85. The Kier molecular flexibility index (Phi) is 19.4. The van der Waals surface area contributed by atoms with Crippen molar-refractivity contribution in [2.45, 2.75) is 77.4 Å². The minimum atomic E-state index is -2.38. The Morgan fingerprint density at radius 1 is 0.855 bits per heavy atom. The second kappa shape index (κ2) is 25.9. The van der Waals surface area contributed by atoms with Gasteiger partial charge in [0.2, 0.25) is 23.3 Å². The van der Waals surface area contributed by atoms with Crippen LogP contribution < -0.4 is 26.2 Å². The van der Waals surface area contributed by atoms with E-state index in [1.165, 1.54) is 9.80 Å². The minimum absolute atomic E-state index is 0.0265. The summed E-state index contributed by atoms with van der Waals surface area (Å²) in [4.78, 5) is 90.4. The van der Waals surface area contributed by atoms with E-state index in [0.29, 0.717) is 22.7 Å². The Morgan fingerprint density at radius 2 is 1.51 bits per heavy atom. The molecule has 0 bridgehead atoms. The number of halogens is 2. The van der Waals surface area contributed by atoms with Crippen LogP contribution in [0.15, 0.2) is 72.2 Å². The number of aryl methyl sites for hydroxylation is 1. The lowest BCUT2D eigenvalue weighted by molar-refractivity contribution is -0.149. The molecule has 0 spiro atoms. The van der Waals surface area contributed by atoms with E-state index in [2.05, 4.69) is 31.2 Å². The van der Waals surface area contributed by atoms with Gasteiger partial charge in [-0.2, -0.15) is 0 Å². The molecule has 3 aromatic carbocycles. The fraction of sp³-hybridized carbons (Fsp3) is 0.453. The molecule has 2 aromatic heterocycles. The predicted octanol–water partition coefficient (Wildman–Crippen LogP) is 3.27. The van der Waals surface area contributed by atoms with Crippen LogP contribution in [0.1, 0.15) is 60.9 Å². The van der Waals surface area contributed by atoms with Gasteiger partial charge in [-0.25, -0.2) is 13.8 Å². The first-order valence-electron chi connectivity index (χ1n) is 24.9. The number of aromatic amines is 1. The molecule has 20 nitrogen and oxygen atoms in total. The molecule has 2 aliphatic rings. The van der Waals surface area contributed by atoms with Crippen LogP contribution in [0.4, 0.5) is 14.5 Å². The molecule has 76 heavy (non-hydrogen) atoms. The fourth-order valence-electron chi connectivity index (χ4n) is 8.75. The van der Waals surface area contributed by atoms with Crippen LogP contribution in [0.2, 0.25) is 0 Å². The number of nitrogens with zero attached hydrogens (tertiary/aromatic N) is 3. The number of β-amino-alcohol motifs (C(OH)–C–C–N with tert-alkyl or cyclic N) is 1. The monoisotopic (exact) mass is 1070 g/mol. The first-order valence-corrected chi connectivity index (χ1v) is 25.7. The smallest absolute Gasteiger partial charge is 0.268 e. The van der Waals surface area contributed by atoms with Crippen LogP contribution in [0.3, 0.4) is 0 Å². The van der Waals surface area contributed by atoms with Gasteiger partial charge in [-0.15, -0.1) is 11.3 Å². The summed E-state index contributed by atoms with van der Waals surface area (Å²) in [7, 11) is 0.